The van der Waals surface area contributed by atoms with Crippen molar-refractivity contribution in [2.75, 3.05) is 5.32 Å². The summed E-state index contributed by atoms with van der Waals surface area (Å²) in [5.74, 6) is 1.09. The molecule has 0 atom stereocenters. The van der Waals surface area contributed by atoms with Crippen molar-refractivity contribution >= 4 is 11.7 Å². The zero-order valence-electron chi connectivity index (χ0n) is 8.22. The number of aromatic amines is 1. The third kappa shape index (κ3) is 3.27. The first kappa shape index (κ1) is 9.77. The molecular weight excluding hydrogens is 166 g/mol. The van der Waals surface area contributed by atoms with Crippen LogP contribution in [0.5, 0.6) is 0 Å². The number of carbonyl (C=O) groups is 1. The molecule has 1 aromatic rings. The molecule has 4 nitrogen and oxygen atoms in total. The highest BCUT2D eigenvalue weighted by atomic mass is 16.1. The molecule has 1 rings (SSSR count). The maximum absolute atomic E-state index is 10.7. The average molecular weight is 181 g/mol. The maximum Gasteiger partial charge on any atom is 0.222 e. The van der Waals surface area contributed by atoms with E-state index < -0.39 is 0 Å². The molecule has 1 heterocycles. The van der Waals surface area contributed by atoms with Gasteiger partial charge in [-0.15, -0.1) is 0 Å². The molecule has 0 spiro atoms. The minimum absolute atomic E-state index is 0.0948. The number of rotatable bonds is 3. The standard InChI is InChI=1S/C9H15N3O/c1-6(2)4-8-5-9(12-11-8)10-7(3)13/h5-6H,4H2,1-3H3,(H2,10,11,12,13). The highest BCUT2D eigenvalue weighted by Gasteiger charge is 2.03. The lowest BCUT2D eigenvalue weighted by Gasteiger charge is -1.98. The first-order valence-electron chi connectivity index (χ1n) is 4.40. The first-order valence-corrected chi connectivity index (χ1v) is 4.40. The molecule has 0 aliphatic carbocycles. The molecule has 4 heteroatoms. The molecule has 0 saturated carbocycles. The highest BCUT2D eigenvalue weighted by Crippen LogP contribution is 2.09. The van der Waals surface area contributed by atoms with Crippen LogP contribution in [0.25, 0.3) is 0 Å². The zero-order chi connectivity index (χ0) is 9.84. The summed E-state index contributed by atoms with van der Waals surface area (Å²) in [5, 5.41) is 9.45. The van der Waals surface area contributed by atoms with Gasteiger partial charge in [-0.1, -0.05) is 13.8 Å². The monoisotopic (exact) mass is 181 g/mol. The van der Waals surface area contributed by atoms with Gasteiger partial charge >= 0.3 is 0 Å². The number of amides is 1. The summed E-state index contributed by atoms with van der Waals surface area (Å²) in [6.45, 7) is 5.74. The Morgan fingerprint density at radius 3 is 2.92 bits per heavy atom. The number of hydrogen-bond donors (Lipinski definition) is 2. The second-order valence-electron chi connectivity index (χ2n) is 3.56. The van der Waals surface area contributed by atoms with Crippen LogP contribution in [0.4, 0.5) is 5.82 Å². The molecule has 0 radical (unpaired) electrons. The first-order chi connectivity index (χ1) is 6.08. The fraction of sp³-hybridized carbons (Fsp3) is 0.556. The van der Waals surface area contributed by atoms with Crippen molar-refractivity contribution < 1.29 is 4.79 Å². The van der Waals surface area contributed by atoms with Gasteiger partial charge in [-0.05, 0) is 12.3 Å². The van der Waals surface area contributed by atoms with E-state index in [1.807, 2.05) is 6.07 Å². The summed E-state index contributed by atoms with van der Waals surface area (Å²) >= 11 is 0. The molecule has 1 aromatic heterocycles. The Morgan fingerprint density at radius 1 is 1.69 bits per heavy atom. The Kier molecular flexibility index (Phi) is 3.06. The summed E-state index contributed by atoms with van der Waals surface area (Å²) < 4.78 is 0. The van der Waals surface area contributed by atoms with Gasteiger partial charge in [0, 0.05) is 18.7 Å². The predicted octanol–water partition coefficient (Wildman–Crippen LogP) is 1.57. The maximum atomic E-state index is 10.7. The molecular formula is C9H15N3O. The van der Waals surface area contributed by atoms with Crippen molar-refractivity contribution in [1.29, 1.82) is 0 Å². The van der Waals surface area contributed by atoms with Gasteiger partial charge in [0.05, 0.1) is 0 Å². The van der Waals surface area contributed by atoms with Crippen molar-refractivity contribution in [2.45, 2.75) is 27.2 Å². The van der Waals surface area contributed by atoms with Gasteiger partial charge in [0.2, 0.25) is 5.91 Å². The minimum atomic E-state index is -0.0948. The molecule has 0 bridgehead atoms. The zero-order valence-corrected chi connectivity index (χ0v) is 8.22. The van der Waals surface area contributed by atoms with Crippen LogP contribution in [0.15, 0.2) is 6.07 Å². The Balaban J connectivity index is 2.58. The number of nitrogens with one attached hydrogen (secondary N) is 2. The van der Waals surface area contributed by atoms with Gasteiger partial charge in [0.15, 0.2) is 5.82 Å². The minimum Gasteiger partial charge on any atom is -0.309 e. The smallest absolute Gasteiger partial charge is 0.222 e. The van der Waals surface area contributed by atoms with Crippen LogP contribution < -0.4 is 5.32 Å². The van der Waals surface area contributed by atoms with Crippen LogP contribution in [-0.4, -0.2) is 16.1 Å². The van der Waals surface area contributed by atoms with Crippen molar-refractivity contribution in [3.8, 4) is 0 Å². The predicted molar refractivity (Wildman–Crippen MR) is 51.4 cm³/mol. The van der Waals surface area contributed by atoms with Crippen LogP contribution in [0.1, 0.15) is 26.5 Å². The molecule has 2 N–H and O–H groups in total. The molecule has 0 saturated heterocycles. The van der Waals surface area contributed by atoms with E-state index in [2.05, 4.69) is 29.4 Å². The summed E-state index contributed by atoms with van der Waals surface area (Å²) in [4.78, 5) is 10.7. The summed E-state index contributed by atoms with van der Waals surface area (Å²) in [7, 11) is 0. The molecule has 0 aliphatic heterocycles. The Labute approximate surface area is 77.7 Å². The highest BCUT2D eigenvalue weighted by molar-refractivity contribution is 5.87. The Bertz CT molecular complexity index is 291. The third-order valence-corrected chi connectivity index (χ3v) is 1.56. The van der Waals surface area contributed by atoms with Gasteiger partial charge in [0.1, 0.15) is 0 Å². The van der Waals surface area contributed by atoms with E-state index >= 15 is 0 Å². The lowest BCUT2D eigenvalue weighted by Crippen LogP contribution is -2.05. The van der Waals surface area contributed by atoms with Gasteiger partial charge in [-0.2, -0.15) is 5.10 Å². The van der Waals surface area contributed by atoms with Crippen LogP contribution in [0.3, 0.4) is 0 Å². The summed E-state index contributed by atoms with van der Waals surface area (Å²) in [6.07, 6.45) is 0.951. The molecule has 72 valence electrons. The van der Waals surface area contributed by atoms with E-state index in [0.29, 0.717) is 11.7 Å². The number of hydrogen-bond acceptors (Lipinski definition) is 2. The summed E-state index contributed by atoms with van der Waals surface area (Å²) in [6, 6.07) is 1.86. The summed E-state index contributed by atoms with van der Waals surface area (Å²) in [5.41, 5.74) is 1.05. The van der Waals surface area contributed by atoms with Gasteiger partial charge in [0.25, 0.3) is 0 Å². The fourth-order valence-electron chi connectivity index (χ4n) is 1.15. The van der Waals surface area contributed by atoms with E-state index in [4.69, 9.17) is 0 Å². The molecule has 0 aromatic carbocycles. The quantitative estimate of drug-likeness (QED) is 0.743. The van der Waals surface area contributed by atoms with Crippen LogP contribution >= 0.6 is 0 Å². The normalized spacial score (nSPS) is 10.5. The largest absolute Gasteiger partial charge is 0.309 e. The lowest BCUT2D eigenvalue weighted by molar-refractivity contribution is -0.114. The SMILES string of the molecule is CC(=O)Nc1cc(CC(C)C)[nH]n1. The average Bonchev–Trinajstić information content (AvgIpc) is 2.33. The second kappa shape index (κ2) is 4.07. The Hall–Kier alpha value is -1.32. The molecule has 0 fully saturated rings. The van der Waals surface area contributed by atoms with Crippen LogP contribution in [0, 0.1) is 5.92 Å². The Morgan fingerprint density at radius 2 is 2.38 bits per heavy atom. The number of anilines is 1. The van der Waals surface area contributed by atoms with Crippen molar-refractivity contribution in [3.05, 3.63) is 11.8 Å². The van der Waals surface area contributed by atoms with E-state index in [1.165, 1.54) is 6.92 Å². The third-order valence-electron chi connectivity index (χ3n) is 1.56. The molecule has 1 amide bonds. The topological polar surface area (TPSA) is 57.8 Å². The van der Waals surface area contributed by atoms with Gasteiger partial charge in [-0.3, -0.25) is 9.89 Å². The fourth-order valence-corrected chi connectivity index (χ4v) is 1.15. The van der Waals surface area contributed by atoms with Gasteiger partial charge in [-0.25, -0.2) is 0 Å². The van der Waals surface area contributed by atoms with Crippen molar-refractivity contribution in [3.63, 3.8) is 0 Å². The van der Waals surface area contributed by atoms with Crippen molar-refractivity contribution in [2.24, 2.45) is 5.92 Å². The van der Waals surface area contributed by atoms with Crippen molar-refractivity contribution in [1.82, 2.24) is 10.2 Å². The lowest BCUT2D eigenvalue weighted by atomic mass is 10.1. The number of nitrogens with zero attached hydrogens (tertiary/aromatic N) is 1. The number of aromatic nitrogens is 2. The van der Waals surface area contributed by atoms with Gasteiger partial charge < -0.3 is 5.32 Å². The second-order valence-corrected chi connectivity index (χ2v) is 3.56. The van der Waals surface area contributed by atoms with Crippen LogP contribution in [0.2, 0.25) is 0 Å². The van der Waals surface area contributed by atoms with Crippen LogP contribution in [-0.2, 0) is 11.2 Å². The number of H-pyrrole nitrogens is 1. The van der Waals surface area contributed by atoms with E-state index in [1.54, 1.807) is 0 Å². The van der Waals surface area contributed by atoms with E-state index in [-0.39, 0.29) is 5.91 Å². The molecule has 0 unspecified atom stereocenters. The molecule has 0 aliphatic rings. The number of carbonyl (C=O) groups excluding carboxylic acids is 1. The van der Waals surface area contributed by atoms with E-state index in [9.17, 15) is 4.79 Å². The van der Waals surface area contributed by atoms with E-state index in [0.717, 1.165) is 12.1 Å². The molecule has 13 heavy (non-hydrogen) atoms.